The molecule has 174 valence electrons. The maximum absolute atomic E-state index is 13.1. The van der Waals surface area contributed by atoms with Crippen LogP contribution in [0.15, 0.2) is 79.4 Å². The second-order valence-electron chi connectivity index (χ2n) is 8.12. The number of carbonyl (C=O) groups is 2. The standard InChI is InChI=1S/C27H23F3N2O2/c1-2-5-25(33)32-15-14-19-16-22(13-10-20(19)17-32)31-26(34)24-7-4-3-6-23(24)18-8-11-21(12-9-18)27(28,29)30/h2-4,6-13,16H,1,5,14-15,17H2,(H,31,34). The number of alkyl halides is 3. The number of anilines is 1. The Balaban J connectivity index is 1.52. The minimum absolute atomic E-state index is 0.0397. The Labute approximate surface area is 195 Å². The maximum Gasteiger partial charge on any atom is 0.416 e. The fourth-order valence-electron chi connectivity index (χ4n) is 4.07. The average Bonchev–Trinajstić information content (AvgIpc) is 2.83. The highest BCUT2D eigenvalue weighted by molar-refractivity contribution is 6.08. The summed E-state index contributed by atoms with van der Waals surface area (Å²) in [6, 6.07) is 17.2. The van der Waals surface area contributed by atoms with Crippen molar-refractivity contribution in [3.8, 4) is 11.1 Å². The van der Waals surface area contributed by atoms with Gasteiger partial charge in [-0.15, -0.1) is 6.58 Å². The molecule has 0 saturated carbocycles. The van der Waals surface area contributed by atoms with E-state index in [-0.39, 0.29) is 11.8 Å². The van der Waals surface area contributed by atoms with Crippen LogP contribution in [-0.2, 0) is 23.9 Å². The molecule has 0 atom stereocenters. The van der Waals surface area contributed by atoms with Crippen LogP contribution < -0.4 is 5.32 Å². The number of hydrogen-bond acceptors (Lipinski definition) is 2. The molecule has 4 nitrogen and oxygen atoms in total. The number of carbonyl (C=O) groups excluding carboxylic acids is 2. The number of halogens is 3. The van der Waals surface area contributed by atoms with E-state index in [4.69, 9.17) is 0 Å². The van der Waals surface area contributed by atoms with E-state index in [9.17, 15) is 22.8 Å². The van der Waals surface area contributed by atoms with Gasteiger partial charge in [-0.1, -0.05) is 42.5 Å². The predicted molar refractivity (Wildman–Crippen MR) is 125 cm³/mol. The number of fused-ring (bicyclic) bond motifs is 1. The Kier molecular flexibility index (Phi) is 6.54. The largest absolute Gasteiger partial charge is 0.416 e. The molecule has 34 heavy (non-hydrogen) atoms. The second-order valence-corrected chi connectivity index (χ2v) is 8.12. The van der Waals surface area contributed by atoms with Crippen LogP contribution in [0, 0.1) is 0 Å². The molecule has 0 saturated heterocycles. The highest BCUT2D eigenvalue weighted by Crippen LogP contribution is 2.32. The molecule has 2 amide bonds. The molecular weight excluding hydrogens is 441 g/mol. The third-order valence-corrected chi connectivity index (χ3v) is 5.84. The van der Waals surface area contributed by atoms with Crippen LogP contribution in [0.3, 0.4) is 0 Å². The van der Waals surface area contributed by atoms with Gasteiger partial charge in [-0.3, -0.25) is 9.59 Å². The smallest absolute Gasteiger partial charge is 0.338 e. The van der Waals surface area contributed by atoms with Crippen molar-refractivity contribution in [2.24, 2.45) is 0 Å². The molecule has 0 bridgehead atoms. The van der Waals surface area contributed by atoms with Crippen molar-refractivity contribution in [3.05, 3.63) is 102 Å². The molecule has 0 spiro atoms. The average molecular weight is 464 g/mol. The molecule has 1 heterocycles. The Morgan fingerprint density at radius 1 is 1.00 bits per heavy atom. The van der Waals surface area contributed by atoms with Crippen LogP contribution in [0.25, 0.3) is 11.1 Å². The zero-order valence-electron chi connectivity index (χ0n) is 18.4. The first-order valence-electron chi connectivity index (χ1n) is 10.8. The van der Waals surface area contributed by atoms with Gasteiger partial charge >= 0.3 is 6.18 Å². The van der Waals surface area contributed by atoms with Gasteiger partial charge in [-0.25, -0.2) is 0 Å². The van der Waals surface area contributed by atoms with Gasteiger partial charge in [-0.2, -0.15) is 13.2 Å². The Hall–Kier alpha value is -3.87. The monoisotopic (exact) mass is 464 g/mol. The zero-order valence-corrected chi connectivity index (χ0v) is 18.4. The third-order valence-electron chi connectivity index (χ3n) is 5.84. The van der Waals surface area contributed by atoms with E-state index in [1.54, 1.807) is 41.3 Å². The van der Waals surface area contributed by atoms with Gasteiger partial charge in [0.05, 0.1) is 5.56 Å². The number of nitrogens with one attached hydrogen (secondary N) is 1. The summed E-state index contributed by atoms with van der Waals surface area (Å²) in [4.78, 5) is 27.0. The normalized spacial score (nSPS) is 13.2. The molecule has 4 rings (SSSR count). The number of benzene rings is 3. The van der Waals surface area contributed by atoms with E-state index in [1.165, 1.54) is 12.1 Å². The van der Waals surface area contributed by atoms with Crippen LogP contribution in [0.1, 0.15) is 33.5 Å². The van der Waals surface area contributed by atoms with Crippen LogP contribution in [-0.4, -0.2) is 23.3 Å². The molecule has 3 aromatic carbocycles. The molecule has 0 unspecified atom stereocenters. The van der Waals surface area contributed by atoms with E-state index >= 15 is 0 Å². The van der Waals surface area contributed by atoms with Gasteiger partial charge in [0, 0.05) is 30.8 Å². The summed E-state index contributed by atoms with van der Waals surface area (Å²) in [5.41, 5.74) is 3.41. The molecular formula is C27H23F3N2O2. The van der Waals surface area contributed by atoms with Crippen molar-refractivity contribution >= 4 is 17.5 Å². The fraction of sp³-hybridized carbons (Fsp3) is 0.185. The van der Waals surface area contributed by atoms with Crippen molar-refractivity contribution in [2.45, 2.75) is 25.6 Å². The lowest BCUT2D eigenvalue weighted by Crippen LogP contribution is -2.35. The number of hydrogen-bond donors (Lipinski definition) is 1. The Morgan fingerprint density at radius 2 is 1.74 bits per heavy atom. The molecule has 0 radical (unpaired) electrons. The molecule has 7 heteroatoms. The van der Waals surface area contributed by atoms with Gasteiger partial charge in [0.1, 0.15) is 0 Å². The SMILES string of the molecule is C=CCC(=O)N1CCc2cc(NC(=O)c3ccccc3-c3ccc(C(F)(F)F)cc3)ccc2C1. The van der Waals surface area contributed by atoms with Crippen molar-refractivity contribution in [1.29, 1.82) is 0 Å². The zero-order chi connectivity index (χ0) is 24.3. The summed E-state index contributed by atoms with van der Waals surface area (Å²) in [5, 5.41) is 2.90. The quantitative estimate of drug-likeness (QED) is 0.465. The van der Waals surface area contributed by atoms with E-state index < -0.39 is 11.7 Å². The van der Waals surface area contributed by atoms with Gasteiger partial charge in [0.15, 0.2) is 0 Å². The van der Waals surface area contributed by atoms with Crippen LogP contribution in [0.2, 0.25) is 0 Å². The fourth-order valence-corrected chi connectivity index (χ4v) is 4.07. The highest BCUT2D eigenvalue weighted by atomic mass is 19.4. The van der Waals surface area contributed by atoms with Crippen molar-refractivity contribution in [1.82, 2.24) is 4.90 Å². The van der Waals surface area contributed by atoms with Gasteiger partial charge in [0.25, 0.3) is 5.91 Å². The summed E-state index contributed by atoms with van der Waals surface area (Å²) in [5.74, 6) is -0.313. The lowest BCUT2D eigenvalue weighted by Gasteiger charge is -2.29. The molecule has 1 aliphatic rings. The molecule has 0 fully saturated rings. The lowest BCUT2D eigenvalue weighted by molar-refractivity contribution is -0.137. The second kappa shape index (κ2) is 9.55. The predicted octanol–water partition coefficient (Wildman–Crippen LogP) is 6.09. The number of amides is 2. The third kappa shape index (κ3) is 5.03. The van der Waals surface area contributed by atoms with Crippen molar-refractivity contribution < 1.29 is 22.8 Å². The summed E-state index contributed by atoms with van der Waals surface area (Å²) in [6.45, 7) is 4.74. The minimum Gasteiger partial charge on any atom is -0.338 e. The maximum atomic E-state index is 13.1. The Morgan fingerprint density at radius 3 is 2.44 bits per heavy atom. The molecule has 1 aliphatic heterocycles. The van der Waals surface area contributed by atoms with Gasteiger partial charge in [-0.05, 0) is 59.0 Å². The summed E-state index contributed by atoms with van der Waals surface area (Å²) >= 11 is 0. The van der Waals surface area contributed by atoms with Crippen molar-refractivity contribution in [2.75, 3.05) is 11.9 Å². The molecule has 3 aromatic rings. The highest BCUT2D eigenvalue weighted by Gasteiger charge is 2.30. The first-order valence-corrected chi connectivity index (χ1v) is 10.8. The molecule has 1 N–H and O–H groups in total. The van der Waals surface area contributed by atoms with Gasteiger partial charge in [0.2, 0.25) is 5.91 Å². The lowest BCUT2D eigenvalue weighted by atomic mass is 9.97. The van der Waals surface area contributed by atoms with Crippen LogP contribution >= 0.6 is 0 Å². The molecule has 0 aromatic heterocycles. The minimum atomic E-state index is -4.42. The summed E-state index contributed by atoms with van der Waals surface area (Å²) < 4.78 is 38.7. The first kappa shape index (κ1) is 23.3. The first-order chi connectivity index (χ1) is 16.3. The number of rotatable bonds is 5. The summed E-state index contributed by atoms with van der Waals surface area (Å²) in [6.07, 6.45) is -1.83. The molecule has 0 aliphatic carbocycles. The van der Waals surface area contributed by atoms with Crippen LogP contribution in [0.4, 0.5) is 18.9 Å². The topological polar surface area (TPSA) is 49.4 Å². The van der Waals surface area contributed by atoms with E-state index in [1.807, 2.05) is 12.1 Å². The number of nitrogens with zero attached hydrogens (tertiary/aromatic N) is 1. The van der Waals surface area contributed by atoms with Crippen LogP contribution in [0.5, 0.6) is 0 Å². The van der Waals surface area contributed by atoms with E-state index in [0.29, 0.717) is 48.3 Å². The Bertz CT molecular complexity index is 1230. The van der Waals surface area contributed by atoms with Gasteiger partial charge < -0.3 is 10.2 Å². The summed E-state index contributed by atoms with van der Waals surface area (Å²) in [7, 11) is 0. The van der Waals surface area contributed by atoms with Crippen molar-refractivity contribution in [3.63, 3.8) is 0 Å². The van der Waals surface area contributed by atoms with E-state index in [2.05, 4.69) is 11.9 Å². The van der Waals surface area contributed by atoms with E-state index in [0.717, 1.165) is 23.3 Å².